The van der Waals surface area contributed by atoms with Crippen LogP contribution in [-0.4, -0.2) is 32.3 Å². The number of carbonyl (C=O) groups excluding carboxylic acids is 1. The molecule has 34 heavy (non-hydrogen) atoms. The molecule has 0 bridgehead atoms. The van der Waals surface area contributed by atoms with Gasteiger partial charge in [0.25, 0.3) is 0 Å². The molecule has 9 heteroatoms. The fourth-order valence-corrected chi connectivity index (χ4v) is 5.42. The summed E-state index contributed by atoms with van der Waals surface area (Å²) >= 11 is 6.44. The van der Waals surface area contributed by atoms with Crippen LogP contribution in [0.3, 0.4) is 0 Å². The number of ether oxygens (including phenoxy) is 2. The topological polar surface area (TPSA) is 93.7 Å². The molecule has 2 aromatic rings. The lowest BCUT2D eigenvalue weighted by molar-refractivity contribution is -0.124. The summed E-state index contributed by atoms with van der Waals surface area (Å²) in [7, 11) is -3.52. The number of carbonyl (C=O) groups is 1. The van der Waals surface area contributed by atoms with E-state index in [9.17, 15) is 13.2 Å². The Morgan fingerprint density at radius 3 is 2.50 bits per heavy atom. The SMILES string of the molecule is CC(C)Oc1c(NS(C)(=O)=O)cccc1C(C)C(=O)NC1CC2(CCC2)Oc2c(Cl)cccc21. The van der Waals surface area contributed by atoms with Crippen LogP contribution in [-0.2, 0) is 14.8 Å². The van der Waals surface area contributed by atoms with Crippen molar-refractivity contribution in [2.75, 3.05) is 11.0 Å². The van der Waals surface area contributed by atoms with Gasteiger partial charge in [0, 0.05) is 17.5 Å². The summed E-state index contributed by atoms with van der Waals surface area (Å²) < 4.78 is 38.5. The van der Waals surface area contributed by atoms with Crippen molar-refractivity contribution in [1.82, 2.24) is 5.32 Å². The Morgan fingerprint density at radius 2 is 1.88 bits per heavy atom. The van der Waals surface area contributed by atoms with Crippen molar-refractivity contribution in [3.8, 4) is 11.5 Å². The second-order valence-electron chi connectivity index (χ2n) is 9.55. The van der Waals surface area contributed by atoms with Gasteiger partial charge in [-0.15, -0.1) is 0 Å². The molecule has 0 saturated heterocycles. The Bertz CT molecular complexity index is 1190. The van der Waals surface area contributed by atoms with E-state index in [-0.39, 0.29) is 23.7 Å². The number of rotatable bonds is 7. The third kappa shape index (κ3) is 5.13. The number of fused-ring (bicyclic) bond motifs is 1. The van der Waals surface area contributed by atoms with Gasteiger partial charge in [-0.25, -0.2) is 8.42 Å². The third-order valence-electron chi connectivity index (χ3n) is 6.40. The molecule has 1 spiro atoms. The van der Waals surface area contributed by atoms with Crippen LogP contribution in [0.5, 0.6) is 11.5 Å². The number of halogens is 1. The number of para-hydroxylation sites is 2. The normalized spacial score (nSPS) is 19.5. The molecule has 4 rings (SSSR count). The molecule has 2 unspecified atom stereocenters. The summed E-state index contributed by atoms with van der Waals surface area (Å²) in [5.41, 5.74) is 1.50. The summed E-state index contributed by atoms with van der Waals surface area (Å²) in [4.78, 5) is 13.5. The average molecular weight is 507 g/mol. The molecule has 2 atom stereocenters. The number of benzene rings is 2. The predicted molar refractivity (Wildman–Crippen MR) is 133 cm³/mol. The van der Waals surface area contributed by atoms with Gasteiger partial charge in [-0.05, 0) is 52.2 Å². The fraction of sp³-hybridized carbons (Fsp3) is 0.480. The Balaban J connectivity index is 1.63. The highest BCUT2D eigenvalue weighted by molar-refractivity contribution is 7.92. The van der Waals surface area contributed by atoms with Crippen molar-refractivity contribution in [2.45, 2.75) is 70.1 Å². The lowest BCUT2D eigenvalue weighted by atomic mass is 9.73. The summed E-state index contributed by atoms with van der Waals surface area (Å²) in [5.74, 6) is 0.239. The Hall–Kier alpha value is -2.45. The number of sulfonamides is 1. The predicted octanol–water partition coefficient (Wildman–Crippen LogP) is 5.16. The van der Waals surface area contributed by atoms with Gasteiger partial charge < -0.3 is 14.8 Å². The van der Waals surface area contributed by atoms with Crippen LogP contribution in [0.25, 0.3) is 0 Å². The van der Waals surface area contributed by atoms with Crippen molar-refractivity contribution >= 4 is 33.2 Å². The minimum atomic E-state index is -3.52. The smallest absolute Gasteiger partial charge is 0.229 e. The molecule has 1 fully saturated rings. The second kappa shape index (κ2) is 9.30. The van der Waals surface area contributed by atoms with E-state index in [2.05, 4.69) is 10.0 Å². The summed E-state index contributed by atoms with van der Waals surface area (Å²) in [6, 6.07) is 10.5. The highest BCUT2D eigenvalue weighted by Crippen LogP contribution is 2.51. The van der Waals surface area contributed by atoms with Gasteiger partial charge in [-0.1, -0.05) is 35.9 Å². The van der Waals surface area contributed by atoms with Crippen molar-refractivity contribution in [3.05, 3.63) is 52.5 Å². The van der Waals surface area contributed by atoms with Crippen LogP contribution in [0, 0.1) is 0 Å². The van der Waals surface area contributed by atoms with Crippen molar-refractivity contribution in [1.29, 1.82) is 0 Å². The number of hydrogen-bond acceptors (Lipinski definition) is 5. The molecule has 1 saturated carbocycles. The molecule has 0 radical (unpaired) electrons. The maximum atomic E-state index is 13.5. The molecular formula is C25H31ClN2O5S. The first-order valence-corrected chi connectivity index (χ1v) is 13.8. The van der Waals surface area contributed by atoms with E-state index >= 15 is 0 Å². The average Bonchev–Trinajstić information content (AvgIpc) is 2.72. The lowest BCUT2D eigenvalue weighted by Gasteiger charge is -2.48. The number of nitrogens with one attached hydrogen (secondary N) is 2. The highest BCUT2D eigenvalue weighted by atomic mass is 35.5. The Labute approximate surface area is 206 Å². The fourth-order valence-electron chi connectivity index (χ4n) is 4.63. The molecule has 7 nitrogen and oxygen atoms in total. The van der Waals surface area contributed by atoms with Crippen LogP contribution in [0.2, 0.25) is 5.02 Å². The monoisotopic (exact) mass is 506 g/mol. The first-order valence-electron chi connectivity index (χ1n) is 11.5. The molecule has 1 heterocycles. The van der Waals surface area contributed by atoms with Gasteiger partial charge >= 0.3 is 0 Å². The van der Waals surface area contributed by atoms with Crippen molar-refractivity contribution in [2.24, 2.45) is 0 Å². The summed E-state index contributed by atoms with van der Waals surface area (Å²) in [6.45, 7) is 5.50. The van der Waals surface area contributed by atoms with E-state index in [0.717, 1.165) is 31.1 Å². The Morgan fingerprint density at radius 1 is 1.18 bits per heavy atom. The van der Waals surface area contributed by atoms with E-state index in [1.165, 1.54) is 0 Å². The molecule has 1 amide bonds. The third-order valence-corrected chi connectivity index (χ3v) is 7.29. The molecule has 0 aromatic heterocycles. The van der Waals surface area contributed by atoms with E-state index < -0.39 is 15.9 Å². The maximum absolute atomic E-state index is 13.5. The number of hydrogen-bond donors (Lipinski definition) is 2. The highest BCUT2D eigenvalue weighted by Gasteiger charge is 2.46. The minimum Gasteiger partial charge on any atom is -0.488 e. The van der Waals surface area contributed by atoms with Gasteiger partial charge in [0.05, 0.1) is 35.0 Å². The van der Waals surface area contributed by atoms with Crippen LogP contribution >= 0.6 is 11.6 Å². The standard InChI is InChI=1S/C25H31ClN2O5S/c1-15(2)32-23-17(8-6-11-20(23)28-34(4,30)31)16(3)24(29)27-21-14-25(12-7-13-25)33-22-18(21)9-5-10-19(22)26/h5-6,8-11,15-16,21,28H,7,12-14H2,1-4H3,(H,27,29). The zero-order valence-corrected chi connectivity index (χ0v) is 21.4. The van der Waals surface area contributed by atoms with Gasteiger partial charge in [-0.2, -0.15) is 0 Å². The first-order chi connectivity index (χ1) is 16.0. The van der Waals surface area contributed by atoms with E-state index in [1.54, 1.807) is 31.2 Å². The van der Waals surface area contributed by atoms with Gasteiger partial charge in [0.1, 0.15) is 17.1 Å². The quantitative estimate of drug-likeness (QED) is 0.540. The van der Waals surface area contributed by atoms with Crippen LogP contribution < -0.4 is 19.5 Å². The summed E-state index contributed by atoms with van der Waals surface area (Å²) in [5, 5.41) is 3.74. The van der Waals surface area contributed by atoms with Crippen LogP contribution in [0.1, 0.15) is 69.5 Å². The van der Waals surface area contributed by atoms with E-state index in [0.29, 0.717) is 34.2 Å². The molecule has 1 aliphatic carbocycles. The van der Waals surface area contributed by atoms with Gasteiger partial charge in [0.15, 0.2) is 0 Å². The van der Waals surface area contributed by atoms with E-state index in [4.69, 9.17) is 21.1 Å². The Kier molecular flexibility index (Phi) is 6.75. The molecule has 184 valence electrons. The molecule has 2 N–H and O–H groups in total. The zero-order valence-electron chi connectivity index (χ0n) is 19.9. The van der Waals surface area contributed by atoms with Gasteiger partial charge in [0.2, 0.25) is 15.9 Å². The van der Waals surface area contributed by atoms with E-state index in [1.807, 2.05) is 26.0 Å². The summed E-state index contributed by atoms with van der Waals surface area (Å²) in [6.07, 6.45) is 4.52. The van der Waals surface area contributed by atoms with Crippen LogP contribution in [0.15, 0.2) is 36.4 Å². The lowest BCUT2D eigenvalue weighted by Crippen LogP contribution is -2.50. The molecule has 2 aromatic carbocycles. The largest absolute Gasteiger partial charge is 0.488 e. The molecular weight excluding hydrogens is 476 g/mol. The van der Waals surface area contributed by atoms with Crippen molar-refractivity contribution in [3.63, 3.8) is 0 Å². The first kappa shape index (κ1) is 24.7. The van der Waals surface area contributed by atoms with Crippen molar-refractivity contribution < 1.29 is 22.7 Å². The molecule has 1 aliphatic heterocycles. The second-order valence-corrected chi connectivity index (χ2v) is 11.7. The maximum Gasteiger partial charge on any atom is 0.229 e. The zero-order chi connectivity index (χ0) is 24.7. The van der Waals surface area contributed by atoms with Crippen LogP contribution in [0.4, 0.5) is 5.69 Å². The number of anilines is 1. The minimum absolute atomic E-state index is 0.183. The van der Waals surface area contributed by atoms with Gasteiger partial charge in [-0.3, -0.25) is 9.52 Å². The molecule has 2 aliphatic rings. The number of amides is 1.